The quantitative estimate of drug-likeness (QED) is 0.221. The summed E-state index contributed by atoms with van der Waals surface area (Å²) in [7, 11) is 0. The van der Waals surface area contributed by atoms with Gasteiger partial charge in [0, 0.05) is 12.0 Å². The number of carbonyl (C=O) groups excluding carboxylic acids is 2. The average molecular weight is 497 g/mol. The van der Waals surface area contributed by atoms with Gasteiger partial charge in [-0.25, -0.2) is 4.98 Å². The Balaban J connectivity index is 1.56. The molecule has 0 bridgehead atoms. The highest BCUT2D eigenvalue weighted by Gasteiger charge is 2.48. The molecular formula is C29H24N2O4S. The van der Waals surface area contributed by atoms with Crippen LogP contribution in [0.5, 0.6) is 5.75 Å². The van der Waals surface area contributed by atoms with E-state index in [4.69, 9.17) is 9.72 Å². The summed E-state index contributed by atoms with van der Waals surface area (Å²) in [6.07, 6.45) is 0.733. The molecule has 0 spiro atoms. The number of carbonyl (C=O) groups is 2. The minimum atomic E-state index is -0.794. The van der Waals surface area contributed by atoms with Gasteiger partial charge in [0.25, 0.3) is 5.78 Å². The molecule has 1 aromatic heterocycles. The number of anilines is 1. The number of rotatable bonds is 3. The van der Waals surface area contributed by atoms with Crippen LogP contribution in [-0.2, 0) is 16.0 Å². The fourth-order valence-corrected chi connectivity index (χ4v) is 6.02. The maximum Gasteiger partial charge on any atom is 0.301 e. The normalized spacial score (nSPS) is 18.6. The number of aliphatic hydroxyl groups excluding tert-OH is 1. The number of aryl methyl sites for hydroxylation is 3. The van der Waals surface area contributed by atoms with Crippen LogP contribution < -0.4 is 9.64 Å². The monoisotopic (exact) mass is 496 g/mol. The molecule has 36 heavy (non-hydrogen) atoms. The molecule has 3 heterocycles. The Labute approximate surface area is 212 Å². The third-order valence-corrected chi connectivity index (χ3v) is 7.98. The first-order valence-corrected chi connectivity index (χ1v) is 12.6. The van der Waals surface area contributed by atoms with Crippen LogP contribution in [0.15, 0.2) is 60.2 Å². The van der Waals surface area contributed by atoms with Crippen LogP contribution in [0, 0.1) is 20.8 Å². The fraction of sp³-hybridized carbons (Fsp3) is 0.207. The Hall–Kier alpha value is -3.97. The van der Waals surface area contributed by atoms with Crippen molar-refractivity contribution in [2.75, 3.05) is 11.5 Å². The average Bonchev–Trinajstić information content (AvgIpc) is 3.55. The second-order valence-electron chi connectivity index (χ2n) is 9.40. The van der Waals surface area contributed by atoms with Gasteiger partial charge in [-0.3, -0.25) is 14.5 Å². The molecule has 6 rings (SSSR count). The van der Waals surface area contributed by atoms with Gasteiger partial charge in [-0.1, -0.05) is 41.2 Å². The Bertz CT molecular complexity index is 1580. The molecular weight excluding hydrogens is 472 g/mol. The number of hydrogen-bond acceptors (Lipinski definition) is 6. The molecule has 1 atom stereocenters. The van der Waals surface area contributed by atoms with Crippen molar-refractivity contribution in [3.63, 3.8) is 0 Å². The molecule has 1 saturated heterocycles. The SMILES string of the molecule is Cc1cccc(C2/C(=C(\O)c3ccc4c(c3)CCO4)C(=O)C(=O)N2c2nc3cc(C)c(C)cc3s2)c1. The first-order chi connectivity index (χ1) is 17.3. The number of thiazole rings is 1. The lowest BCUT2D eigenvalue weighted by Crippen LogP contribution is -2.29. The van der Waals surface area contributed by atoms with Gasteiger partial charge in [-0.05, 0) is 73.4 Å². The van der Waals surface area contributed by atoms with Crippen molar-refractivity contribution in [2.45, 2.75) is 33.2 Å². The molecule has 0 radical (unpaired) electrons. The van der Waals surface area contributed by atoms with E-state index in [0.717, 1.165) is 50.2 Å². The molecule has 3 aromatic carbocycles. The van der Waals surface area contributed by atoms with Crippen molar-refractivity contribution in [1.82, 2.24) is 4.98 Å². The Kier molecular flexibility index (Phi) is 5.19. The van der Waals surface area contributed by atoms with E-state index in [0.29, 0.717) is 17.3 Å². The molecule has 1 unspecified atom stereocenters. The topological polar surface area (TPSA) is 79.7 Å². The number of fused-ring (bicyclic) bond motifs is 2. The summed E-state index contributed by atoms with van der Waals surface area (Å²) in [5.41, 5.74) is 6.28. The largest absolute Gasteiger partial charge is 0.507 e. The van der Waals surface area contributed by atoms with Gasteiger partial charge in [0.15, 0.2) is 5.13 Å². The predicted octanol–water partition coefficient (Wildman–Crippen LogP) is 5.78. The second-order valence-corrected chi connectivity index (χ2v) is 10.4. The first-order valence-electron chi connectivity index (χ1n) is 11.8. The van der Waals surface area contributed by atoms with Gasteiger partial charge in [0.05, 0.1) is 28.4 Å². The lowest BCUT2D eigenvalue weighted by molar-refractivity contribution is -0.132. The lowest BCUT2D eigenvalue weighted by Gasteiger charge is -2.23. The molecule has 2 aliphatic rings. The molecule has 1 N–H and O–H groups in total. The van der Waals surface area contributed by atoms with E-state index in [2.05, 4.69) is 6.07 Å². The van der Waals surface area contributed by atoms with Crippen molar-refractivity contribution in [3.8, 4) is 5.75 Å². The summed E-state index contributed by atoms with van der Waals surface area (Å²) < 4.78 is 6.53. The van der Waals surface area contributed by atoms with E-state index in [1.807, 2.05) is 57.2 Å². The van der Waals surface area contributed by atoms with Gasteiger partial charge >= 0.3 is 5.91 Å². The molecule has 4 aromatic rings. The zero-order valence-corrected chi connectivity index (χ0v) is 21.0. The summed E-state index contributed by atoms with van der Waals surface area (Å²) in [4.78, 5) is 33.2. The van der Waals surface area contributed by atoms with Crippen LogP contribution in [0.3, 0.4) is 0 Å². The van der Waals surface area contributed by atoms with E-state index in [9.17, 15) is 14.7 Å². The summed E-state index contributed by atoms with van der Waals surface area (Å²) >= 11 is 1.37. The van der Waals surface area contributed by atoms with Crippen molar-refractivity contribution < 1.29 is 19.4 Å². The zero-order valence-electron chi connectivity index (χ0n) is 20.2. The molecule has 1 amide bonds. The van der Waals surface area contributed by atoms with E-state index in [-0.39, 0.29) is 11.3 Å². The fourth-order valence-electron chi connectivity index (χ4n) is 4.95. The Morgan fingerprint density at radius 2 is 1.86 bits per heavy atom. The van der Waals surface area contributed by atoms with Gasteiger partial charge < -0.3 is 9.84 Å². The van der Waals surface area contributed by atoms with Gasteiger partial charge in [-0.15, -0.1) is 0 Å². The maximum atomic E-state index is 13.5. The lowest BCUT2D eigenvalue weighted by atomic mass is 9.94. The van der Waals surface area contributed by atoms with Crippen LogP contribution in [0.1, 0.15) is 39.4 Å². The number of ketones is 1. The number of nitrogens with zero attached hydrogens (tertiary/aromatic N) is 2. The number of hydrogen-bond donors (Lipinski definition) is 1. The van der Waals surface area contributed by atoms with Gasteiger partial charge in [0.2, 0.25) is 0 Å². The number of aromatic nitrogens is 1. The summed E-state index contributed by atoms with van der Waals surface area (Å²) in [6, 6.07) is 16.3. The Morgan fingerprint density at radius 1 is 1.06 bits per heavy atom. The summed E-state index contributed by atoms with van der Waals surface area (Å²) in [5.74, 6) is -0.824. The van der Waals surface area contributed by atoms with Gasteiger partial charge in [-0.2, -0.15) is 0 Å². The summed E-state index contributed by atoms with van der Waals surface area (Å²) in [6.45, 7) is 6.60. The van der Waals surface area contributed by atoms with Crippen molar-refractivity contribution in [1.29, 1.82) is 0 Å². The highest BCUT2D eigenvalue weighted by Crippen LogP contribution is 2.45. The molecule has 0 aliphatic carbocycles. The predicted molar refractivity (Wildman–Crippen MR) is 141 cm³/mol. The third kappa shape index (κ3) is 3.50. The smallest absolute Gasteiger partial charge is 0.301 e. The number of ether oxygens (including phenoxy) is 1. The van der Waals surface area contributed by atoms with Crippen LogP contribution in [0.25, 0.3) is 16.0 Å². The Morgan fingerprint density at radius 3 is 2.67 bits per heavy atom. The maximum absolute atomic E-state index is 13.5. The van der Waals surface area contributed by atoms with Crippen LogP contribution in [0.2, 0.25) is 0 Å². The number of Topliss-reactive ketones (excluding diaryl/α,β-unsaturated/α-hetero) is 1. The van der Waals surface area contributed by atoms with Crippen molar-refractivity contribution in [3.05, 3.63) is 93.6 Å². The minimum absolute atomic E-state index is 0.0658. The minimum Gasteiger partial charge on any atom is -0.507 e. The van der Waals surface area contributed by atoms with Crippen molar-refractivity contribution in [2.24, 2.45) is 0 Å². The molecule has 7 heteroatoms. The van der Waals surface area contributed by atoms with E-state index in [1.165, 1.54) is 16.2 Å². The molecule has 180 valence electrons. The second kappa shape index (κ2) is 8.31. The number of benzene rings is 3. The standard InChI is InChI=1S/C29H24N2O4S/c1-15-5-4-6-19(11-15)25-24(26(32)20-7-8-22-18(14-20)9-10-35-22)27(33)28(34)31(25)29-30-21-12-16(2)17(3)13-23(21)36-29/h4-8,11-14,25,32H,9-10H2,1-3H3/b26-24+. The number of amides is 1. The van der Waals surface area contributed by atoms with E-state index in [1.54, 1.807) is 12.1 Å². The molecule has 2 aliphatic heterocycles. The molecule has 6 nitrogen and oxygen atoms in total. The molecule has 1 fully saturated rings. The highest BCUT2D eigenvalue weighted by molar-refractivity contribution is 7.22. The third-order valence-electron chi connectivity index (χ3n) is 6.96. The summed E-state index contributed by atoms with van der Waals surface area (Å²) in [5, 5.41) is 11.9. The number of aliphatic hydroxyl groups is 1. The van der Waals surface area contributed by atoms with Gasteiger partial charge in [0.1, 0.15) is 11.5 Å². The van der Waals surface area contributed by atoms with Crippen molar-refractivity contribution >= 4 is 44.1 Å². The highest BCUT2D eigenvalue weighted by atomic mass is 32.1. The first kappa shape index (κ1) is 22.5. The van der Waals surface area contributed by atoms with E-state index >= 15 is 0 Å². The van der Waals surface area contributed by atoms with Crippen LogP contribution >= 0.6 is 11.3 Å². The van der Waals surface area contributed by atoms with Crippen LogP contribution in [0.4, 0.5) is 5.13 Å². The zero-order chi connectivity index (χ0) is 25.1. The molecule has 0 saturated carbocycles. The van der Waals surface area contributed by atoms with E-state index < -0.39 is 17.7 Å². The van der Waals surface area contributed by atoms with Crippen LogP contribution in [-0.4, -0.2) is 28.4 Å².